The van der Waals surface area contributed by atoms with Crippen LogP contribution in [-0.2, 0) is 9.59 Å². The summed E-state index contributed by atoms with van der Waals surface area (Å²) < 4.78 is 14.5. The summed E-state index contributed by atoms with van der Waals surface area (Å²) in [7, 11) is -1.63. The lowest BCUT2D eigenvalue weighted by Gasteiger charge is -2.37. The fourth-order valence-electron chi connectivity index (χ4n) is 9.25. The SMILES string of the molecule is O=C1CCC(N2C(=O)c3ccc(C4CCN(CCCN5CCN(c6ccc(C(=O)c7c(-c8ccc(F)cc8)sc8cc(B(O)O)ccc78)cc6)CC5)CC4)cc3C2=O)C(=O)N1. The number of nitrogens with zero attached hydrogens (tertiary/aromatic N) is 4. The van der Waals surface area contributed by atoms with E-state index in [4.69, 9.17) is 0 Å². The third-order valence-corrected chi connectivity index (χ3v) is 13.9. The van der Waals surface area contributed by atoms with Crippen LogP contribution in [0.25, 0.3) is 20.5 Å². The molecule has 0 radical (unpaired) electrons. The number of anilines is 1. The number of hydrogen-bond acceptors (Lipinski definition) is 11. The molecular weight excluding hydrogens is 796 g/mol. The maximum atomic E-state index is 14.1. The molecule has 312 valence electrons. The summed E-state index contributed by atoms with van der Waals surface area (Å²) in [5.41, 5.74) is 4.84. The van der Waals surface area contributed by atoms with E-state index < -0.39 is 36.8 Å². The molecule has 1 unspecified atom stereocenters. The van der Waals surface area contributed by atoms with Crippen LogP contribution in [-0.4, -0.2) is 120 Å². The van der Waals surface area contributed by atoms with Crippen molar-refractivity contribution < 1.29 is 38.4 Å². The largest absolute Gasteiger partial charge is 0.488 e. The lowest BCUT2D eigenvalue weighted by Crippen LogP contribution is -2.54. The second-order valence-corrected chi connectivity index (χ2v) is 17.4. The van der Waals surface area contributed by atoms with Crippen molar-refractivity contribution in [1.29, 1.82) is 0 Å². The van der Waals surface area contributed by atoms with Crippen molar-refractivity contribution in [2.45, 2.75) is 44.1 Å². The average molecular weight is 842 g/mol. The van der Waals surface area contributed by atoms with Gasteiger partial charge in [-0.05, 0) is 129 Å². The first-order valence-corrected chi connectivity index (χ1v) is 21.7. The second-order valence-electron chi connectivity index (χ2n) is 16.4. The van der Waals surface area contributed by atoms with Gasteiger partial charge in [-0.15, -0.1) is 11.3 Å². The number of rotatable bonds is 11. The molecule has 4 aliphatic rings. The summed E-state index contributed by atoms with van der Waals surface area (Å²) in [6, 6.07) is 23.3. The van der Waals surface area contributed by atoms with Crippen LogP contribution in [0, 0.1) is 5.82 Å². The molecule has 5 aromatic rings. The zero-order chi connectivity index (χ0) is 42.4. The zero-order valence-corrected chi connectivity index (χ0v) is 34.3. The van der Waals surface area contributed by atoms with Crippen LogP contribution < -0.4 is 15.7 Å². The van der Waals surface area contributed by atoms with Crippen molar-refractivity contribution in [3.63, 3.8) is 0 Å². The Labute approximate surface area is 356 Å². The Morgan fingerprint density at radius 1 is 0.770 bits per heavy atom. The van der Waals surface area contributed by atoms with Gasteiger partial charge in [-0.3, -0.25) is 39.1 Å². The number of nitrogens with one attached hydrogen (secondary N) is 1. The first-order valence-electron chi connectivity index (χ1n) is 20.9. The maximum absolute atomic E-state index is 14.1. The molecule has 4 aliphatic heterocycles. The lowest BCUT2D eigenvalue weighted by molar-refractivity contribution is -0.136. The van der Waals surface area contributed by atoms with E-state index in [1.165, 1.54) is 23.5 Å². The van der Waals surface area contributed by atoms with Crippen molar-refractivity contribution >= 4 is 69.1 Å². The van der Waals surface area contributed by atoms with E-state index in [1.54, 1.807) is 36.4 Å². The third kappa shape index (κ3) is 8.16. The molecule has 4 amide bonds. The number of carbonyl (C=O) groups excluding carboxylic acids is 5. The van der Waals surface area contributed by atoms with Crippen LogP contribution in [0.1, 0.15) is 80.2 Å². The fraction of sp³-hybridized carbons (Fsp3) is 0.326. The summed E-state index contributed by atoms with van der Waals surface area (Å²) in [5, 5.41) is 22.5. The first-order chi connectivity index (χ1) is 29.5. The fourth-order valence-corrected chi connectivity index (χ4v) is 10.5. The Hall–Kier alpha value is -5.58. The quantitative estimate of drug-likeness (QED) is 0.0992. The smallest absolute Gasteiger partial charge is 0.423 e. The summed E-state index contributed by atoms with van der Waals surface area (Å²) >= 11 is 1.37. The van der Waals surface area contributed by atoms with Gasteiger partial charge in [-0.25, -0.2) is 4.39 Å². The second kappa shape index (κ2) is 17.1. The predicted molar refractivity (Wildman–Crippen MR) is 232 cm³/mol. The van der Waals surface area contributed by atoms with Crippen LogP contribution in [0.5, 0.6) is 0 Å². The van der Waals surface area contributed by atoms with Gasteiger partial charge in [-0.1, -0.05) is 30.3 Å². The van der Waals surface area contributed by atoms with E-state index in [2.05, 4.69) is 20.0 Å². The van der Waals surface area contributed by atoms with E-state index in [9.17, 15) is 38.4 Å². The molecule has 3 N–H and O–H groups in total. The van der Waals surface area contributed by atoms with Gasteiger partial charge >= 0.3 is 7.12 Å². The first kappa shape index (κ1) is 40.8. The molecule has 9 rings (SSSR count). The van der Waals surface area contributed by atoms with Gasteiger partial charge < -0.3 is 19.8 Å². The minimum absolute atomic E-state index is 0.0927. The van der Waals surface area contributed by atoms with Crippen molar-refractivity contribution in [2.75, 3.05) is 57.3 Å². The van der Waals surface area contributed by atoms with Gasteiger partial charge in [-0.2, -0.15) is 0 Å². The molecule has 12 nitrogen and oxygen atoms in total. The topological polar surface area (TPSA) is 151 Å². The van der Waals surface area contributed by atoms with Crippen LogP contribution in [0.2, 0.25) is 0 Å². The minimum Gasteiger partial charge on any atom is -0.423 e. The van der Waals surface area contributed by atoms with Gasteiger partial charge in [0.05, 0.1) is 11.1 Å². The summed E-state index contributed by atoms with van der Waals surface area (Å²) in [6.45, 7) is 7.56. The number of halogens is 1. The molecule has 1 aromatic heterocycles. The Balaban J connectivity index is 0.751. The number of imide groups is 2. The Kier molecular flexibility index (Phi) is 11.4. The van der Waals surface area contributed by atoms with Crippen LogP contribution >= 0.6 is 11.3 Å². The Morgan fingerprint density at radius 2 is 1.46 bits per heavy atom. The van der Waals surface area contributed by atoms with Crippen molar-refractivity contribution in [3.05, 3.63) is 119 Å². The highest BCUT2D eigenvalue weighted by atomic mass is 32.1. The van der Waals surface area contributed by atoms with Gasteiger partial charge in [0.2, 0.25) is 11.8 Å². The summed E-state index contributed by atoms with van der Waals surface area (Å²) in [5.74, 6) is -2.19. The molecule has 0 saturated carbocycles. The maximum Gasteiger partial charge on any atom is 0.488 e. The minimum atomic E-state index is -1.63. The molecular formula is C46H45BFN5O7S. The number of thiophene rings is 1. The van der Waals surface area contributed by atoms with E-state index in [0.717, 1.165) is 92.5 Å². The van der Waals surface area contributed by atoms with Crippen molar-refractivity contribution in [2.24, 2.45) is 0 Å². The van der Waals surface area contributed by atoms with E-state index in [0.29, 0.717) is 43.5 Å². The molecule has 0 spiro atoms. The molecule has 3 fully saturated rings. The standard InChI is InChI=1S/C46H45BFN5O7S/c48-33-8-2-30(3-9-33)43-41(36-13-7-32(47(59)60)27-39(36)61-43)42(55)29-4-10-34(11-5-29)52-24-22-51(23-25-52)19-1-18-50-20-16-28(17-21-50)31-6-12-35-37(26-31)46(58)53(45(35)57)38-14-15-40(54)49-44(38)56/h2-13,26-28,38,59-60H,1,14-25H2,(H,49,54,56). The number of piperidine rings is 2. The molecule has 5 heterocycles. The van der Waals surface area contributed by atoms with Crippen molar-refractivity contribution in [1.82, 2.24) is 20.0 Å². The molecule has 0 aliphatic carbocycles. The molecule has 4 aromatic carbocycles. The molecule has 1 atom stereocenters. The van der Waals surface area contributed by atoms with Crippen LogP contribution in [0.15, 0.2) is 84.9 Å². The predicted octanol–water partition coefficient (Wildman–Crippen LogP) is 4.41. The molecule has 3 saturated heterocycles. The third-order valence-electron chi connectivity index (χ3n) is 12.7. The monoisotopic (exact) mass is 841 g/mol. The van der Waals surface area contributed by atoms with Crippen LogP contribution in [0.3, 0.4) is 0 Å². The molecule has 15 heteroatoms. The highest BCUT2D eigenvalue weighted by molar-refractivity contribution is 7.23. The molecule has 0 bridgehead atoms. The van der Waals surface area contributed by atoms with Gasteiger partial charge in [0.1, 0.15) is 11.9 Å². The summed E-state index contributed by atoms with van der Waals surface area (Å²) in [6.07, 6.45) is 3.20. The van der Waals surface area contributed by atoms with E-state index >= 15 is 0 Å². The van der Waals surface area contributed by atoms with Crippen molar-refractivity contribution in [3.8, 4) is 10.4 Å². The zero-order valence-electron chi connectivity index (χ0n) is 33.5. The molecule has 61 heavy (non-hydrogen) atoms. The average Bonchev–Trinajstić information content (AvgIpc) is 3.77. The highest BCUT2D eigenvalue weighted by Gasteiger charge is 2.45. The normalized spacial score (nSPS) is 19.2. The highest BCUT2D eigenvalue weighted by Crippen LogP contribution is 2.40. The number of likely N-dealkylation sites (tertiary alicyclic amines) is 1. The number of ketones is 1. The Morgan fingerprint density at radius 3 is 2.15 bits per heavy atom. The number of hydrogen-bond donors (Lipinski definition) is 3. The number of amides is 4. The summed E-state index contributed by atoms with van der Waals surface area (Å²) in [4.78, 5) is 73.7. The number of piperazine rings is 1. The lowest BCUT2D eigenvalue weighted by atomic mass is 9.80. The van der Waals surface area contributed by atoms with Gasteiger partial charge in [0.25, 0.3) is 11.8 Å². The van der Waals surface area contributed by atoms with E-state index in [1.807, 2.05) is 36.4 Å². The Bertz CT molecular complexity index is 2530. The number of carbonyl (C=O) groups is 5. The number of benzene rings is 4. The number of fused-ring (bicyclic) bond motifs is 2. The van der Waals surface area contributed by atoms with Gasteiger partial charge in [0.15, 0.2) is 5.78 Å². The van der Waals surface area contributed by atoms with Gasteiger partial charge in [0, 0.05) is 64.4 Å². The van der Waals surface area contributed by atoms with E-state index in [-0.39, 0.29) is 30.4 Å². The van der Waals surface area contributed by atoms with Crippen LogP contribution in [0.4, 0.5) is 10.1 Å².